The summed E-state index contributed by atoms with van der Waals surface area (Å²) in [7, 11) is 0. The van der Waals surface area contributed by atoms with Gasteiger partial charge in [0.2, 0.25) is 5.95 Å². The van der Waals surface area contributed by atoms with Crippen molar-refractivity contribution in [2.75, 3.05) is 17.2 Å². The van der Waals surface area contributed by atoms with Gasteiger partial charge in [0.15, 0.2) is 0 Å². The average molecular weight is 406 g/mol. The van der Waals surface area contributed by atoms with E-state index >= 15 is 0 Å². The molecule has 10 heteroatoms. The topological polar surface area (TPSA) is 107 Å². The van der Waals surface area contributed by atoms with Crippen LogP contribution in [0.3, 0.4) is 0 Å². The summed E-state index contributed by atoms with van der Waals surface area (Å²) in [4.78, 5) is 12.1. The minimum absolute atomic E-state index is 0.0836. The number of hydrogen-bond donors (Lipinski definition) is 3. The molecule has 0 saturated heterocycles. The van der Waals surface area contributed by atoms with Gasteiger partial charge in [0.1, 0.15) is 17.5 Å². The van der Waals surface area contributed by atoms with Crippen LogP contribution in [0.2, 0.25) is 0 Å². The molecule has 2 aromatic heterocycles. The Morgan fingerprint density at radius 2 is 1.97 bits per heavy atom. The quantitative estimate of drug-likeness (QED) is 0.677. The Labute approximate surface area is 166 Å². The molecule has 2 aromatic rings. The SMILES string of the molecule is N#Cc1cnc(NCCc2cnccc2C(F)(F)F)nc1NC1CCC(O)CC1. The highest BCUT2D eigenvalue weighted by Gasteiger charge is 2.32. The summed E-state index contributed by atoms with van der Waals surface area (Å²) in [5.74, 6) is 0.601. The van der Waals surface area contributed by atoms with E-state index in [1.165, 1.54) is 12.4 Å². The molecular formula is C19H21F3N6O. The van der Waals surface area contributed by atoms with Crippen molar-refractivity contribution in [1.29, 1.82) is 5.26 Å². The number of halogens is 3. The van der Waals surface area contributed by atoms with Crippen molar-refractivity contribution in [3.05, 3.63) is 41.3 Å². The summed E-state index contributed by atoms with van der Waals surface area (Å²) in [6.45, 7) is 0.176. The van der Waals surface area contributed by atoms with E-state index in [0.29, 0.717) is 18.7 Å². The normalized spacial score (nSPS) is 19.4. The maximum absolute atomic E-state index is 13.1. The second-order valence-corrected chi connectivity index (χ2v) is 6.92. The third kappa shape index (κ3) is 5.54. The van der Waals surface area contributed by atoms with Gasteiger partial charge in [-0.15, -0.1) is 0 Å². The molecule has 1 aliphatic carbocycles. The first kappa shape index (κ1) is 20.8. The first-order valence-electron chi connectivity index (χ1n) is 9.32. The molecule has 0 atom stereocenters. The third-order valence-electron chi connectivity index (χ3n) is 4.83. The van der Waals surface area contributed by atoms with Gasteiger partial charge in [-0.2, -0.15) is 23.4 Å². The molecule has 0 unspecified atom stereocenters. The molecule has 29 heavy (non-hydrogen) atoms. The fourth-order valence-electron chi connectivity index (χ4n) is 3.28. The van der Waals surface area contributed by atoms with Crippen LogP contribution in [0.5, 0.6) is 0 Å². The van der Waals surface area contributed by atoms with Crippen LogP contribution < -0.4 is 10.6 Å². The lowest BCUT2D eigenvalue weighted by molar-refractivity contribution is -0.138. The van der Waals surface area contributed by atoms with Gasteiger partial charge < -0.3 is 15.7 Å². The fraction of sp³-hybridized carbons (Fsp3) is 0.474. The number of rotatable bonds is 6. The number of aliphatic hydroxyl groups excluding tert-OH is 1. The molecule has 1 fully saturated rings. The van der Waals surface area contributed by atoms with E-state index in [1.54, 1.807) is 0 Å². The van der Waals surface area contributed by atoms with Crippen LogP contribution in [0, 0.1) is 11.3 Å². The molecule has 0 bridgehead atoms. The summed E-state index contributed by atoms with van der Waals surface area (Å²) in [5.41, 5.74) is -0.342. The molecule has 154 valence electrons. The van der Waals surface area contributed by atoms with Crippen LogP contribution in [0.25, 0.3) is 0 Å². The summed E-state index contributed by atoms with van der Waals surface area (Å²) in [6, 6.07) is 3.08. The van der Waals surface area contributed by atoms with Crippen molar-refractivity contribution >= 4 is 11.8 Å². The maximum atomic E-state index is 13.1. The lowest BCUT2D eigenvalue weighted by atomic mass is 9.93. The average Bonchev–Trinajstić information content (AvgIpc) is 2.70. The second-order valence-electron chi connectivity index (χ2n) is 6.92. The van der Waals surface area contributed by atoms with Crippen LogP contribution in [0.4, 0.5) is 24.9 Å². The van der Waals surface area contributed by atoms with E-state index in [2.05, 4.69) is 25.6 Å². The predicted octanol–water partition coefficient (Wildman–Crippen LogP) is 3.13. The summed E-state index contributed by atoms with van der Waals surface area (Å²) in [6.07, 6.45) is 1.95. The number of nitrogens with zero attached hydrogens (tertiary/aromatic N) is 4. The molecule has 1 aliphatic rings. The van der Waals surface area contributed by atoms with Crippen molar-refractivity contribution in [3.8, 4) is 6.07 Å². The molecule has 3 N–H and O–H groups in total. The highest BCUT2D eigenvalue weighted by Crippen LogP contribution is 2.31. The Balaban J connectivity index is 1.64. The van der Waals surface area contributed by atoms with Gasteiger partial charge in [-0.1, -0.05) is 0 Å². The number of aromatic nitrogens is 3. The molecule has 0 radical (unpaired) electrons. The Hall–Kier alpha value is -2.93. The Bertz CT molecular complexity index is 875. The Morgan fingerprint density at radius 3 is 2.66 bits per heavy atom. The molecule has 3 rings (SSSR count). The van der Waals surface area contributed by atoms with Gasteiger partial charge in [0.05, 0.1) is 17.9 Å². The minimum atomic E-state index is -4.44. The third-order valence-corrected chi connectivity index (χ3v) is 4.83. The highest BCUT2D eigenvalue weighted by atomic mass is 19.4. The lowest BCUT2D eigenvalue weighted by Gasteiger charge is -2.26. The van der Waals surface area contributed by atoms with Gasteiger partial charge in [0, 0.05) is 25.0 Å². The molecule has 2 heterocycles. The molecule has 7 nitrogen and oxygen atoms in total. The van der Waals surface area contributed by atoms with E-state index in [0.717, 1.165) is 25.1 Å². The first-order chi connectivity index (χ1) is 13.9. The van der Waals surface area contributed by atoms with Crippen molar-refractivity contribution in [2.24, 2.45) is 0 Å². The number of hydrogen-bond acceptors (Lipinski definition) is 7. The number of nitrogens with one attached hydrogen (secondary N) is 2. The molecule has 0 spiro atoms. The maximum Gasteiger partial charge on any atom is 0.416 e. The summed E-state index contributed by atoms with van der Waals surface area (Å²) < 4.78 is 39.2. The Kier molecular flexibility index (Phi) is 6.49. The van der Waals surface area contributed by atoms with E-state index in [-0.39, 0.29) is 42.2 Å². The van der Waals surface area contributed by atoms with Crippen LogP contribution in [0.15, 0.2) is 24.7 Å². The first-order valence-corrected chi connectivity index (χ1v) is 9.32. The lowest BCUT2D eigenvalue weighted by Crippen LogP contribution is -2.29. The molecule has 0 amide bonds. The number of alkyl halides is 3. The molecular weight excluding hydrogens is 385 g/mol. The fourth-order valence-corrected chi connectivity index (χ4v) is 3.28. The van der Waals surface area contributed by atoms with E-state index in [9.17, 15) is 23.5 Å². The number of pyridine rings is 1. The van der Waals surface area contributed by atoms with Crippen LogP contribution in [-0.4, -0.2) is 38.7 Å². The van der Waals surface area contributed by atoms with Crippen LogP contribution in [-0.2, 0) is 12.6 Å². The summed E-state index contributed by atoms with van der Waals surface area (Å²) >= 11 is 0. The standard InChI is InChI=1S/C19H21F3N6O/c20-19(21,22)16-6-7-24-10-12(16)5-8-25-18-26-11-13(9-23)17(28-18)27-14-1-3-15(29)4-2-14/h6-7,10-11,14-15,29H,1-5,8H2,(H2,25,26,27,28). The highest BCUT2D eigenvalue weighted by molar-refractivity contribution is 5.54. The zero-order valence-electron chi connectivity index (χ0n) is 15.6. The van der Waals surface area contributed by atoms with Crippen LogP contribution in [0.1, 0.15) is 42.4 Å². The zero-order chi connectivity index (χ0) is 20.9. The minimum Gasteiger partial charge on any atom is -0.393 e. The van der Waals surface area contributed by atoms with Gasteiger partial charge in [-0.3, -0.25) is 4.98 Å². The molecule has 0 aliphatic heterocycles. The zero-order valence-corrected chi connectivity index (χ0v) is 15.6. The summed E-state index contributed by atoms with van der Waals surface area (Å²) in [5, 5.41) is 25.0. The number of anilines is 2. The van der Waals surface area contributed by atoms with E-state index < -0.39 is 11.7 Å². The van der Waals surface area contributed by atoms with Gasteiger partial charge >= 0.3 is 6.18 Å². The second kappa shape index (κ2) is 9.05. The van der Waals surface area contributed by atoms with Crippen molar-refractivity contribution in [3.63, 3.8) is 0 Å². The van der Waals surface area contributed by atoms with Crippen LogP contribution >= 0.6 is 0 Å². The molecule has 1 saturated carbocycles. The monoisotopic (exact) mass is 406 g/mol. The van der Waals surface area contributed by atoms with E-state index in [4.69, 9.17) is 0 Å². The largest absolute Gasteiger partial charge is 0.416 e. The number of aliphatic hydroxyl groups is 1. The predicted molar refractivity (Wildman–Crippen MR) is 100 cm³/mol. The van der Waals surface area contributed by atoms with Gasteiger partial charge in [0.25, 0.3) is 0 Å². The van der Waals surface area contributed by atoms with Gasteiger partial charge in [-0.05, 0) is 43.7 Å². The van der Waals surface area contributed by atoms with Gasteiger partial charge in [-0.25, -0.2) is 4.98 Å². The van der Waals surface area contributed by atoms with E-state index in [1.807, 2.05) is 6.07 Å². The van der Waals surface area contributed by atoms with Crippen molar-refractivity contribution in [1.82, 2.24) is 15.0 Å². The van der Waals surface area contributed by atoms with Crippen molar-refractivity contribution < 1.29 is 18.3 Å². The smallest absolute Gasteiger partial charge is 0.393 e. The Morgan fingerprint density at radius 1 is 1.21 bits per heavy atom. The van der Waals surface area contributed by atoms with Crippen molar-refractivity contribution in [2.45, 2.75) is 50.4 Å². The molecule has 0 aromatic carbocycles. The number of nitriles is 1.